The van der Waals surface area contributed by atoms with Crippen LogP contribution in [0.2, 0.25) is 5.02 Å². The molecule has 1 aliphatic carbocycles. The number of anilines is 2. The molecular formula is C27H27ClFN7. The molecule has 7 nitrogen and oxygen atoms in total. The molecule has 0 radical (unpaired) electrons. The van der Waals surface area contributed by atoms with Gasteiger partial charge in [-0.05, 0) is 48.1 Å². The lowest BCUT2D eigenvalue weighted by Crippen LogP contribution is -2.20. The zero-order valence-electron chi connectivity index (χ0n) is 20.4. The second-order valence-corrected chi connectivity index (χ2v) is 10.8. The lowest BCUT2D eigenvalue weighted by Gasteiger charge is -2.22. The fourth-order valence-electron chi connectivity index (χ4n) is 4.06. The maximum Gasteiger partial charge on any atom is 0.123 e. The number of hydrogen-bond donors (Lipinski definition) is 2. The highest BCUT2D eigenvalue weighted by Gasteiger charge is 2.27. The van der Waals surface area contributed by atoms with Crippen LogP contribution in [-0.4, -0.2) is 26.5 Å². The van der Waals surface area contributed by atoms with Crippen molar-refractivity contribution in [2.45, 2.75) is 45.7 Å². The van der Waals surface area contributed by atoms with Crippen LogP contribution in [0.25, 0.3) is 10.9 Å². The second-order valence-electron chi connectivity index (χ2n) is 10.4. The fraction of sp³-hybridized carbons (Fsp3) is 0.333. The minimum atomic E-state index is -0.385. The number of halogens is 2. The number of nitriles is 1. The number of nitrogens with zero attached hydrogens (tertiary/aromatic N) is 5. The summed E-state index contributed by atoms with van der Waals surface area (Å²) >= 11 is 6.68. The van der Waals surface area contributed by atoms with Crippen molar-refractivity contribution in [3.05, 3.63) is 76.5 Å². The van der Waals surface area contributed by atoms with E-state index in [1.54, 1.807) is 24.4 Å². The van der Waals surface area contributed by atoms with Crippen LogP contribution in [0.1, 0.15) is 62.5 Å². The smallest absolute Gasteiger partial charge is 0.123 e. The van der Waals surface area contributed by atoms with Crippen LogP contribution in [0.3, 0.4) is 0 Å². The maximum atomic E-state index is 13.7. The third-order valence-corrected chi connectivity index (χ3v) is 6.39. The van der Waals surface area contributed by atoms with Crippen LogP contribution in [0.5, 0.6) is 0 Å². The molecule has 2 aromatic heterocycles. The molecule has 0 aliphatic heterocycles. The zero-order valence-corrected chi connectivity index (χ0v) is 21.1. The highest BCUT2D eigenvalue weighted by molar-refractivity contribution is 6.35. The number of aromatic nitrogens is 4. The first-order valence-electron chi connectivity index (χ1n) is 11.9. The average Bonchev–Trinajstić information content (AvgIpc) is 3.58. The number of nitrogens with one attached hydrogen (secondary N) is 2. The molecule has 36 heavy (non-hydrogen) atoms. The van der Waals surface area contributed by atoms with Gasteiger partial charge in [0.25, 0.3) is 0 Å². The fourth-order valence-corrected chi connectivity index (χ4v) is 4.33. The number of hydrogen-bond acceptors (Lipinski definition) is 6. The lowest BCUT2D eigenvalue weighted by atomic mass is 9.96. The van der Waals surface area contributed by atoms with E-state index in [0.29, 0.717) is 34.4 Å². The zero-order chi connectivity index (χ0) is 25.4. The molecule has 5 rings (SSSR count). The van der Waals surface area contributed by atoms with E-state index in [0.717, 1.165) is 35.2 Å². The molecule has 2 N–H and O–H groups in total. The standard InChI is InChI=1S/C27H27ClFN7/c1-27(2,3)15-32-24-17(12-30)13-31-26-21(24)10-19(11-22(26)28)33-25(16-4-6-18(29)7-5-16)23-14-36(35-34-23)20-8-9-20/h4-7,10-11,13-14,20,25,33H,8-9,15H2,1-3H3,(H,31,32)/t25-/m0/s1. The third-order valence-electron chi connectivity index (χ3n) is 6.10. The number of pyridine rings is 1. The van der Waals surface area contributed by atoms with E-state index in [-0.39, 0.29) is 17.3 Å². The average molecular weight is 504 g/mol. The summed E-state index contributed by atoms with van der Waals surface area (Å²) in [7, 11) is 0. The number of rotatable bonds is 7. The van der Waals surface area contributed by atoms with Crippen molar-refractivity contribution < 1.29 is 4.39 Å². The van der Waals surface area contributed by atoms with E-state index in [1.165, 1.54) is 12.1 Å². The monoisotopic (exact) mass is 503 g/mol. The lowest BCUT2D eigenvalue weighted by molar-refractivity contribution is 0.443. The Kier molecular flexibility index (Phi) is 6.27. The molecule has 4 aromatic rings. The summed E-state index contributed by atoms with van der Waals surface area (Å²) in [6.07, 6.45) is 5.67. The van der Waals surface area contributed by atoms with E-state index in [2.05, 4.69) is 52.8 Å². The molecule has 0 spiro atoms. The Hall–Kier alpha value is -3.70. The first-order chi connectivity index (χ1) is 17.2. The largest absolute Gasteiger partial charge is 0.383 e. The Bertz CT molecular complexity index is 1450. The molecule has 2 heterocycles. The van der Waals surface area contributed by atoms with Gasteiger partial charge in [-0.25, -0.2) is 9.07 Å². The Morgan fingerprint density at radius 2 is 1.97 bits per heavy atom. The van der Waals surface area contributed by atoms with E-state index < -0.39 is 0 Å². The van der Waals surface area contributed by atoms with Gasteiger partial charge >= 0.3 is 0 Å². The summed E-state index contributed by atoms with van der Waals surface area (Å²) in [6, 6.07) is 12.3. The van der Waals surface area contributed by atoms with Gasteiger partial charge in [-0.2, -0.15) is 5.26 Å². The Balaban J connectivity index is 1.57. The predicted molar refractivity (Wildman–Crippen MR) is 140 cm³/mol. The maximum absolute atomic E-state index is 13.7. The first kappa shape index (κ1) is 24.0. The van der Waals surface area contributed by atoms with Gasteiger partial charge in [-0.3, -0.25) is 4.98 Å². The Labute approximate surface area is 214 Å². The van der Waals surface area contributed by atoms with Gasteiger partial charge in [0.05, 0.1) is 40.1 Å². The van der Waals surface area contributed by atoms with Crippen LogP contribution in [0, 0.1) is 22.6 Å². The second kappa shape index (κ2) is 9.40. The van der Waals surface area contributed by atoms with Crippen molar-refractivity contribution >= 4 is 33.9 Å². The topological polar surface area (TPSA) is 91.5 Å². The molecule has 0 amide bonds. The molecule has 1 atom stereocenters. The molecule has 0 saturated heterocycles. The Morgan fingerprint density at radius 3 is 2.64 bits per heavy atom. The van der Waals surface area contributed by atoms with Gasteiger partial charge in [-0.15, -0.1) is 5.10 Å². The minimum absolute atomic E-state index is 0.00301. The van der Waals surface area contributed by atoms with Gasteiger partial charge in [0, 0.05) is 23.8 Å². The molecule has 2 aromatic carbocycles. The predicted octanol–water partition coefficient (Wildman–Crippen LogP) is 6.48. The van der Waals surface area contributed by atoms with Gasteiger partial charge in [-0.1, -0.05) is 49.7 Å². The molecular weight excluding hydrogens is 477 g/mol. The minimum Gasteiger partial charge on any atom is -0.383 e. The van der Waals surface area contributed by atoms with Crippen molar-refractivity contribution in [1.29, 1.82) is 5.26 Å². The molecule has 9 heteroatoms. The van der Waals surface area contributed by atoms with Crippen LogP contribution in [-0.2, 0) is 0 Å². The van der Waals surface area contributed by atoms with Gasteiger partial charge in [0.2, 0.25) is 0 Å². The van der Waals surface area contributed by atoms with Crippen molar-refractivity contribution in [3.63, 3.8) is 0 Å². The molecule has 1 aliphatic rings. The van der Waals surface area contributed by atoms with E-state index in [1.807, 2.05) is 16.9 Å². The molecule has 0 unspecified atom stereocenters. The summed E-state index contributed by atoms with van der Waals surface area (Å²) in [5.74, 6) is -0.308. The first-order valence-corrected chi connectivity index (χ1v) is 12.3. The number of fused-ring (bicyclic) bond motifs is 1. The van der Waals surface area contributed by atoms with Gasteiger partial charge in [0.1, 0.15) is 17.6 Å². The summed E-state index contributed by atoms with van der Waals surface area (Å²) < 4.78 is 15.6. The SMILES string of the molecule is CC(C)(C)CNc1c(C#N)cnc2c(Cl)cc(N[C@@H](c3ccc(F)cc3)c3cn(C4CC4)nn3)cc12. The molecule has 0 bridgehead atoms. The highest BCUT2D eigenvalue weighted by atomic mass is 35.5. The molecule has 184 valence electrons. The molecule has 1 saturated carbocycles. The van der Waals surface area contributed by atoms with Crippen LogP contribution in [0.15, 0.2) is 48.8 Å². The van der Waals surface area contributed by atoms with Crippen molar-refractivity contribution in [2.24, 2.45) is 5.41 Å². The van der Waals surface area contributed by atoms with Crippen LogP contribution >= 0.6 is 11.6 Å². The third kappa shape index (κ3) is 5.12. The summed E-state index contributed by atoms with van der Waals surface area (Å²) in [6.45, 7) is 7.03. The van der Waals surface area contributed by atoms with Gasteiger partial charge < -0.3 is 10.6 Å². The van der Waals surface area contributed by atoms with Gasteiger partial charge in [0.15, 0.2) is 0 Å². The highest BCUT2D eigenvalue weighted by Crippen LogP contribution is 2.37. The summed E-state index contributed by atoms with van der Waals surface area (Å²) in [4.78, 5) is 4.44. The van der Waals surface area contributed by atoms with Crippen molar-refractivity contribution in [3.8, 4) is 6.07 Å². The summed E-state index contributed by atoms with van der Waals surface area (Å²) in [5.41, 5.74) is 4.03. The van der Waals surface area contributed by atoms with Crippen LogP contribution in [0.4, 0.5) is 15.8 Å². The van der Waals surface area contributed by atoms with Crippen molar-refractivity contribution in [2.75, 3.05) is 17.2 Å². The van der Waals surface area contributed by atoms with Crippen LogP contribution < -0.4 is 10.6 Å². The van der Waals surface area contributed by atoms with E-state index in [9.17, 15) is 9.65 Å². The van der Waals surface area contributed by atoms with Crippen molar-refractivity contribution in [1.82, 2.24) is 20.0 Å². The van der Waals surface area contributed by atoms with E-state index in [4.69, 9.17) is 11.6 Å². The Morgan fingerprint density at radius 1 is 1.22 bits per heavy atom. The number of benzene rings is 2. The normalized spacial score (nSPS) is 14.4. The van der Waals surface area contributed by atoms with E-state index >= 15 is 0 Å². The molecule has 1 fully saturated rings. The summed E-state index contributed by atoms with van der Waals surface area (Å²) in [5, 5.41) is 26.6. The quantitative estimate of drug-likeness (QED) is 0.299.